The predicted molar refractivity (Wildman–Crippen MR) is 86.9 cm³/mol. The van der Waals surface area contributed by atoms with E-state index in [-0.39, 0.29) is 0 Å². The van der Waals surface area contributed by atoms with E-state index in [2.05, 4.69) is 23.2 Å². The second-order valence-electron chi connectivity index (χ2n) is 4.21. The number of carboxylic acid groups (broad SMARTS) is 2. The molecule has 0 aliphatic carbocycles. The zero-order chi connectivity index (χ0) is 17.1. The molecule has 0 atom stereocenters. The molecule has 0 unspecified atom stereocenters. The van der Waals surface area contributed by atoms with Gasteiger partial charge in [0, 0.05) is 22.5 Å². The lowest BCUT2D eigenvalue weighted by atomic mass is 10.3. The lowest BCUT2D eigenvalue weighted by Crippen LogP contribution is -2.09. The maximum atomic E-state index is 9.10. The molecule has 1 aromatic heterocycles. The third kappa shape index (κ3) is 7.87. The van der Waals surface area contributed by atoms with Crippen LogP contribution < -0.4 is 4.74 Å². The normalized spacial score (nSPS) is 9.43. The van der Waals surface area contributed by atoms with E-state index in [1.807, 2.05) is 42.2 Å². The molecule has 0 fully saturated rings. The van der Waals surface area contributed by atoms with Crippen molar-refractivity contribution in [2.45, 2.75) is 11.3 Å². The number of aliphatic carboxylic acids is 2. The van der Waals surface area contributed by atoms with Crippen molar-refractivity contribution in [2.75, 3.05) is 12.9 Å². The van der Waals surface area contributed by atoms with E-state index in [1.54, 1.807) is 7.11 Å². The van der Waals surface area contributed by atoms with Crippen LogP contribution in [0.3, 0.4) is 0 Å². The summed E-state index contributed by atoms with van der Waals surface area (Å²) in [5.41, 5.74) is 1.15. The first kappa shape index (κ1) is 18.5. The van der Waals surface area contributed by atoms with Crippen molar-refractivity contribution in [3.8, 4) is 5.75 Å². The van der Waals surface area contributed by atoms with Crippen LogP contribution in [0, 0.1) is 0 Å². The van der Waals surface area contributed by atoms with Gasteiger partial charge >= 0.3 is 11.9 Å². The summed E-state index contributed by atoms with van der Waals surface area (Å²) in [6.07, 6.45) is 2.84. The summed E-state index contributed by atoms with van der Waals surface area (Å²) in [6, 6.07) is 14.2. The summed E-state index contributed by atoms with van der Waals surface area (Å²) in [4.78, 5) is 23.8. The number of carbonyl (C=O) groups is 2. The molecule has 0 bridgehead atoms. The van der Waals surface area contributed by atoms with Crippen molar-refractivity contribution in [2.24, 2.45) is 0 Å². The zero-order valence-electron chi connectivity index (χ0n) is 12.5. The van der Waals surface area contributed by atoms with Crippen molar-refractivity contribution in [3.63, 3.8) is 0 Å². The maximum absolute atomic E-state index is 9.10. The molecular weight excluding hydrogens is 318 g/mol. The van der Waals surface area contributed by atoms with Crippen molar-refractivity contribution in [1.82, 2.24) is 4.98 Å². The van der Waals surface area contributed by atoms with Gasteiger partial charge in [0.1, 0.15) is 5.75 Å². The van der Waals surface area contributed by atoms with Crippen molar-refractivity contribution in [3.05, 3.63) is 54.4 Å². The number of hydrogen-bond donors (Lipinski definition) is 2. The fourth-order valence-electron chi connectivity index (χ4n) is 1.49. The Morgan fingerprint density at radius 3 is 2.22 bits per heavy atom. The highest BCUT2D eigenvalue weighted by Crippen LogP contribution is 2.21. The molecule has 2 rings (SSSR count). The Balaban J connectivity index is 0.000000379. The molecule has 122 valence electrons. The summed E-state index contributed by atoms with van der Waals surface area (Å²) >= 11 is 1.84. The van der Waals surface area contributed by atoms with Gasteiger partial charge in [-0.15, -0.1) is 11.8 Å². The second kappa shape index (κ2) is 10.2. The van der Waals surface area contributed by atoms with Crippen molar-refractivity contribution in [1.29, 1.82) is 0 Å². The van der Waals surface area contributed by atoms with Gasteiger partial charge in [-0.1, -0.05) is 6.07 Å². The molecule has 0 radical (unpaired) electrons. The Labute approximate surface area is 138 Å². The van der Waals surface area contributed by atoms with Gasteiger partial charge < -0.3 is 14.9 Å². The van der Waals surface area contributed by atoms with Gasteiger partial charge in [0.05, 0.1) is 7.11 Å². The van der Waals surface area contributed by atoms with Crippen LogP contribution in [-0.4, -0.2) is 40.0 Å². The molecule has 0 saturated carbocycles. The van der Waals surface area contributed by atoms with Crippen molar-refractivity contribution < 1.29 is 24.5 Å². The first-order chi connectivity index (χ1) is 11.0. The van der Waals surface area contributed by atoms with Gasteiger partial charge in [-0.2, -0.15) is 0 Å². The fourth-order valence-corrected chi connectivity index (χ4v) is 2.37. The molecule has 1 aromatic carbocycles. The van der Waals surface area contributed by atoms with Crippen LogP contribution in [0.2, 0.25) is 0 Å². The average molecular weight is 335 g/mol. The summed E-state index contributed by atoms with van der Waals surface area (Å²) in [5, 5.41) is 14.8. The summed E-state index contributed by atoms with van der Waals surface area (Å²) in [6.45, 7) is 0. The summed E-state index contributed by atoms with van der Waals surface area (Å²) in [7, 11) is 1.68. The summed E-state index contributed by atoms with van der Waals surface area (Å²) < 4.78 is 5.12. The smallest absolute Gasteiger partial charge is 0.414 e. The van der Waals surface area contributed by atoms with Crippen LogP contribution in [0.25, 0.3) is 0 Å². The highest BCUT2D eigenvalue weighted by molar-refractivity contribution is 7.99. The number of pyridine rings is 1. The number of rotatable bonds is 5. The summed E-state index contributed by atoms with van der Waals surface area (Å²) in [5.74, 6) is -1.70. The standard InChI is InChI=1S/C14H15NOS.C2H2O4/c1-16-13-5-7-14(8-6-13)17-11-9-12-4-2-3-10-15-12;3-1(4)2(5)6/h2-8,10H,9,11H2,1H3;(H,3,4)(H,5,6). The average Bonchev–Trinajstić information content (AvgIpc) is 2.57. The Morgan fingerprint density at radius 2 is 1.74 bits per heavy atom. The molecule has 2 aromatic rings. The van der Waals surface area contributed by atoms with Crippen LogP contribution in [0.1, 0.15) is 5.69 Å². The lowest BCUT2D eigenvalue weighted by molar-refractivity contribution is -0.159. The van der Waals surface area contributed by atoms with Gasteiger partial charge in [0.15, 0.2) is 0 Å². The number of aromatic nitrogens is 1. The molecule has 0 aliphatic heterocycles. The Hall–Kier alpha value is -2.54. The van der Waals surface area contributed by atoms with E-state index in [0.29, 0.717) is 0 Å². The van der Waals surface area contributed by atoms with Gasteiger partial charge in [0.25, 0.3) is 0 Å². The van der Waals surface area contributed by atoms with Gasteiger partial charge in [0.2, 0.25) is 0 Å². The molecule has 0 spiro atoms. The van der Waals surface area contributed by atoms with Crippen LogP contribution in [0.15, 0.2) is 53.6 Å². The molecule has 0 saturated heterocycles. The van der Waals surface area contributed by atoms with E-state index < -0.39 is 11.9 Å². The van der Waals surface area contributed by atoms with Crippen LogP contribution in [0.4, 0.5) is 0 Å². The van der Waals surface area contributed by atoms with E-state index in [9.17, 15) is 0 Å². The van der Waals surface area contributed by atoms with Gasteiger partial charge in [-0.3, -0.25) is 4.98 Å². The molecule has 23 heavy (non-hydrogen) atoms. The quantitative estimate of drug-likeness (QED) is 0.640. The SMILES string of the molecule is COc1ccc(SCCc2ccccn2)cc1.O=C(O)C(=O)O. The minimum Gasteiger partial charge on any atom is -0.497 e. The predicted octanol–water partition coefficient (Wildman–Crippen LogP) is 2.58. The molecule has 6 nitrogen and oxygen atoms in total. The Bertz CT molecular complexity index is 604. The number of aryl methyl sites for hydroxylation is 1. The molecular formula is C16H17NO5S. The number of nitrogens with zero attached hydrogens (tertiary/aromatic N) is 1. The minimum absolute atomic E-state index is 0.902. The van der Waals surface area contributed by atoms with Crippen LogP contribution in [0.5, 0.6) is 5.75 Å². The third-order valence-electron chi connectivity index (χ3n) is 2.60. The molecule has 0 amide bonds. The molecule has 0 aliphatic rings. The largest absolute Gasteiger partial charge is 0.497 e. The maximum Gasteiger partial charge on any atom is 0.414 e. The van der Waals surface area contributed by atoms with Gasteiger partial charge in [-0.25, -0.2) is 9.59 Å². The molecule has 1 heterocycles. The lowest BCUT2D eigenvalue weighted by Gasteiger charge is -2.03. The first-order valence-electron chi connectivity index (χ1n) is 6.66. The van der Waals surface area contributed by atoms with Gasteiger partial charge in [-0.05, 0) is 42.8 Å². The van der Waals surface area contributed by atoms with E-state index in [4.69, 9.17) is 24.5 Å². The third-order valence-corrected chi connectivity index (χ3v) is 3.61. The van der Waals surface area contributed by atoms with E-state index in [1.165, 1.54) is 4.90 Å². The number of methoxy groups -OCH3 is 1. The number of ether oxygens (including phenoxy) is 1. The van der Waals surface area contributed by atoms with Crippen LogP contribution >= 0.6 is 11.8 Å². The molecule has 2 N–H and O–H groups in total. The van der Waals surface area contributed by atoms with Crippen molar-refractivity contribution >= 4 is 23.7 Å². The highest BCUT2D eigenvalue weighted by atomic mass is 32.2. The topological polar surface area (TPSA) is 96.7 Å². The Morgan fingerprint density at radius 1 is 1.09 bits per heavy atom. The zero-order valence-corrected chi connectivity index (χ0v) is 13.3. The van der Waals surface area contributed by atoms with E-state index >= 15 is 0 Å². The molecule has 7 heteroatoms. The number of hydrogen-bond acceptors (Lipinski definition) is 5. The Kier molecular flexibility index (Phi) is 8.23. The van der Waals surface area contributed by atoms with E-state index in [0.717, 1.165) is 23.6 Å². The monoisotopic (exact) mass is 335 g/mol. The highest BCUT2D eigenvalue weighted by Gasteiger charge is 2.04. The first-order valence-corrected chi connectivity index (χ1v) is 7.64. The minimum atomic E-state index is -1.82. The number of carboxylic acids is 2. The van der Waals surface area contributed by atoms with Crippen LogP contribution in [-0.2, 0) is 16.0 Å². The fraction of sp³-hybridized carbons (Fsp3) is 0.188. The number of thioether (sulfide) groups is 1. The number of benzene rings is 1. The second-order valence-corrected chi connectivity index (χ2v) is 5.37.